The van der Waals surface area contributed by atoms with E-state index in [2.05, 4.69) is 15.8 Å². The Morgan fingerprint density at radius 2 is 1.78 bits per heavy atom. The largest absolute Gasteiger partial charge is 0.343 e. The van der Waals surface area contributed by atoms with Crippen LogP contribution in [0.4, 0.5) is 0 Å². The van der Waals surface area contributed by atoms with Crippen molar-refractivity contribution < 1.29 is 9.59 Å². The molecule has 7 heteroatoms. The van der Waals surface area contributed by atoms with Gasteiger partial charge in [0, 0.05) is 15.6 Å². The van der Waals surface area contributed by atoms with Crippen LogP contribution in [0, 0.1) is 0 Å². The SMILES string of the molecule is O=C(CNC(=O)c1ccc(Cl)cc1)N/N=C/c1cccc(Cl)c1. The molecule has 118 valence electrons. The van der Waals surface area contributed by atoms with Crippen molar-refractivity contribution in [2.45, 2.75) is 0 Å². The number of hydrazone groups is 1. The number of nitrogens with one attached hydrogen (secondary N) is 2. The van der Waals surface area contributed by atoms with Crippen LogP contribution in [0.5, 0.6) is 0 Å². The minimum absolute atomic E-state index is 0.186. The molecular formula is C16H13Cl2N3O2. The molecule has 2 N–H and O–H groups in total. The molecule has 23 heavy (non-hydrogen) atoms. The van der Waals surface area contributed by atoms with Crippen LogP contribution in [0.15, 0.2) is 53.6 Å². The molecule has 0 aliphatic carbocycles. The highest BCUT2D eigenvalue weighted by Crippen LogP contribution is 2.09. The van der Waals surface area contributed by atoms with Gasteiger partial charge in [-0.3, -0.25) is 9.59 Å². The van der Waals surface area contributed by atoms with Crippen LogP contribution in [0.3, 0.4) is 0 Å². The summed E-state index contributed by atoms with van der Waals surface area (Å²) < 4.78 is 0. The molecule has 0 saturated heterocycles. The van der Waals surface area contributed by atoms with Gasteiger partial charge in [-0.25, -0.2) is 5.43 Å². The first-order valence-corrected chi connectivity index (χ1v) is 7.41. The summed E-state index contributed by atoms with van der Waals surface area (Å²) in [6, 6.07) is 13.4. The number of hydrogen-bond donors (Lipinski definition) is 2. The Morgan fingerprint density at radius 1 is 1.04 bits per heavy atom. The second kappa shape index (κ2) is 8.31. The number of nitrogens with zero attached hydrogens (tertiary/aromatic N) is 1. The molecule has 0 fully saturated rings. The lowest BCUT2D eigenvalue weighted by molar-refractivity contribution is -0.120. The van der Waals surface area contributed by atoms with Crippen molar-refractivity contribution in [3.8, 4) is 0 Å². The molecule has 2 amide bonds. The number of carbonyl (C=O) groups excluding carboxylic acids is 2. The summed E-state index contributed by atoms with van der Waals surface area (Å²) >= 11 is 11.6. The van der Waals surface area contributed by atoms with Crippen molar-refractivity contribution in [1.29, 1.82) is 0 Å². The number of hydrogen-bond acceptors (Lipinski definition) is 3. The van der Waals surface area contributed by atoms with Crippen LogP contribution < -0.4 is 10.7 Å². The molecule has 2 rings (SSSR count). The molecule has 0 spiro atoms. The van der Waals surface area contributed by atoms with Crippen LogP contribution in [0.2, 0.25) is 10.0 Å². The van der Waals surface area contributed by atoms with Crippen molar-refractivity contribution in [3.63, 3.8) is 0 Å². The maximum absolute atomic E-state index is 11.8. The summed E-state index contributed by atoms with van der Waals surface area (Å²) in [5.74, 6) is -0.804. The van der Waals surface area contributed by atoms with E-state index in [0.29, 0.717) is 15.6 Å². The number of benzene rings is 2. The van der Waals surface area contributed by atoms with E-state index in [4.69, 9.17) is 23.2 Å². The van der Waals surface area contributed by atoms with E-state index in [9.17, 15) is 9.59 Å². The predicted octanol–water partition coefficient (Wildman–Crippen LogP) is 2.87. The highest BCUT2D eigenvalue weighted by Gasteiger charge is 2.07. The average molecular weight is 350 g/mol. The van der Waals surface area contributed by atoms with Crippen LogP contribution in [0.25, 0.3) is 0 Å². The smallest absolute Gasteiger partial charge is 0.259 e. The molecule has 0 unspecified atom stereocenters. The molecule has 0 aromatic heterocycles. The van der Waals surface area contributed by atoms with E-state index in [1.54, 1.807) is 48.5 Å². The molecule has 0 aliphatic heterocycles. The summed E-state index contributed by atoms with van der Waals surface area (Å²) in [5.41, 5.74) is 3.49. The summed E-state index contributed by atoms with van der Waals surface area (Å²) in [5, 5.41) is 7.40. The molecule has 0 aliphatic rings. The fourth-order valence-corrected chi connectivity index (χ4v) is 1.99. The van der Waals surface area contributed by atoms with E-state index in [1.165, 1.54) is 6.21 Å². The highest BCUT2D eigenvalue weighted by atomic mass is 35.5. The van der Waals surface area contributed by atoms with Crippen molar-refractivity contribution >= 4 is 41.2 Å². The summed E-state index contributed by atoms with van der Waals surface area (Å²) in [6.07, 6.45) is 1.46. The van der Waals surface area contributed by atoms with Gasteiger partial charge in [0.05, 0.1) is 12.8 Å². The normalized spacial score (nSPS) is 10.5. The first-order chi connectivity index (χ1) is 11.0. The van der Waals surface area contributed by atoms with Crippen molar-refractivity contribution in [3.05, 3.63) is 69.7 Å². The van der Waals surface area contributed by atoms with Crippen LogP contribution in [-0.2, 0) is 4.79 Å². The molecule has 0 heterocycles. The number of rotatable bonds is 5. The number of halogens is 2. The van der Waals surface area contributed by atoms with Gasteiger partial charge >= 0.3 is 0 Å². The van der Waals surface area contributed by atoms with E-state index in [0.717, 1.165) is 5.56 Å². The fourth-order valence-electron chi connectivity index (χ4n) is 1.67. The second-order valence-corrected chi connectivity index (χ2v) is 5.41. The minimum Gasteiger partial charge on any atom is -0.343 e. The Hall–Kier alpha value is -2.37. The quantitative estimate of drug-likeness (QED) is 0.643. The van der Waals surface area contributed by atoms with Gasteiger partial charge in [0.2, 0.25) is 0 Å². The minimum atomic E-state index is -0.439. The Labute approximate surface area is 143 Å². The van der Waals surface area contributed by atoms with Crippen molar-refractivity contribution in [2.75, 3.05) is 6.54 Å². The molecule has 2 aromatic rings. The Balaban J connectivity index is 1.78. The third-order valence-electron chi connectivity index (χ3n) is 2.77. The Morgan fingerprint density at radius 3 is 2.48 bits per heavy atom. The van der Waals surface area contributed by atoms with Crippen molar-refractivity contribution in [2.24, 2.45) is 5.10 Å². The van der Waals surface area contributed by atoms with Gasteiger partial charge in [-0.2, -0.15) is 5.10 Å². The van der Waals surface area contributed by atoms with Gasteiger partial charge < -0.3 is 5.32 Å². The maximum atomic E-state index is 11.8. The lowest BCUT2D eigenvalue weighted by Gasteiger charge is -2.04. The van der Waals surface area contributed by atoms with Crippen LogP contribution in [0.1, 0.15) is 15.9 Å². The summed E-state index contributed by atoms with van der Waals surface area (Å²) in [4.78, 5) is 23.4. The van der Waals surface area contributed by atoms with Gasteiger partial charge in [-0.05, 0) is 42.0 Å². The zero-order valence-corrected chi connectivity index (χ0v) is 13.4. The molecule has 0 bridgehead atoms. The zero-order valence-electron chi connectivity index (χ0n) is 11.9. The first-order valence-electron chi connectivity index (χ1n) is 6.66. The van der Waals surface area contributed by atoms with E-state index in [-0.39, 0.29) is 12.5 Å². The predicted molar refractivity (Wildman–Crippen MR) is 91.0 cm³/mol. The Bertz CT molecular complexity index is 730. The number of carbonyl (C=O) groups is 2. The van der Waals surface area contributed by atoms with Crippen molar-refractivity contribution in [1.82, 2.24) is 10.7 Å². The third-order valence-corrected chi connectivity index (χ3v) is 3.25. The third kappa shape index (κ3) is 5.73. The topological polar surface area (TPSA) is 70.6 Å². The highest BCUT2D eigenvalue weighted by molar-refractivity contribution is 6.31. The van der Waals surface area contributed by atoms with Gasteiger partial charge in [0.1, 0.15) is 0 Å². The standard InChI is InChI=1S/C16H13Cl2N3O2/c17-13-6-4-12(5-7-13)16(23)19-10-15(22)21-20-9-11-2-1-3-14(18)8-11/h1-9H,10H2,(H,19,23)(H,21,22)/b20-9+. The van der Waals surface area contributed by atoms with Gasteiger partial charge in [0.15, 0.2) is 0 Å². The molecule has 2 aromatic carbocycles. The lowest BCUT2D eigenvalue weighted by atomic mass is 10.2. The van der Waals surface area contributed by atoms with E-state index >= 15 is 0 Å². The van der Waals surface area contributed by atoms with E-state index in [1.807, 2.05) is 0 Å². The number of amides is 2. The Kier molecular flexibility index (Phi) is 6.14. The molecule has 5 nitrogen and oxygen atoms in total. The fraction of sp³-hybridized carbons (Fsp3) is 0.0625. The zero-order chi connectivity index (χ0) is 16.7. The summed E-state index contributed by atoms with van der Waals surface area (Å²) in [6.45, 7) is -0.186. The second-order valence-electron chi connectivity index (χ2n) is 4.54. The van der Waals surface area contributed by atoms with Gasteiger partial charge in [-0.1, -0.05) is 35.3 Å². The van der Waals surface area contributed by atoms with Gasteiger partial charge in [-0.15, -0.1) is 0 Å². The first kappa shape index (κ1) is 17.0. The lowest BCUT2D eigenvalue weighted by Crippen LogP contribution is -2.34. The van der Waals surface area contributed by atoms with E-state index < -0.39 is 5.91 Å². The monoisotopic (exact) mass is 349 g/mol. The van der Waals surface area contributed by atoms with Crippen LogP contribution >= 0.6 is 23.2 Å². The molecular weight excluding hydrogens is 337 g/mol. The summed E-state index contributed by atoms with van der Waals surface area (Å²) in [7, 11) is 0. The molecule has 0 saturated carbocycles. The van der Waals surface area contributed by atoms with Crippen LogP contribution in [-0.4, -0.2) is 24.6 Å². The maximum Gasteiger partial charge on any atom is 0.259 e. The van der Waals surface area contributed by atoms with Gasteiger partial charge in [0.25, 0.3) is 11.8 Å². The molecule has 0 radical (unpaired) electrons. The average Bonchev–Trinajstić information content (AvgIpc) is 2.53. The molecule has 0 atom stereocenters.